The Morgan fingerprint density at radius 2 is 1.43 bits per heavy atom. The molecule has 0 atom stereocenters. The number of halogens is 2. The molecule has 0 fully saturated rings. The first kappa shape index (κ1) is 17.3. The molecule has 0 radical (unpaired) electrons. The summed E-state index contributed by atoms with van der Waals surface area (Å²) in [7, 11) is 0. The van der Waals surface area contributed by atoms with E-state index in [0.29, 0.717) is 26.9 Å². The van der Waals surface area contributed by atoms with Crippen LogP contribution in [0.15, 0.2) is 42.5 Å². The van der Waals surface area contributed by atoms with Crippen LogP contribution in [0.4, 0.5) is 5.69 Å². The second kappa shape index (κ2) is 7.49. The van der Waals surface area contributed by atoms with Crippen molar-refractivity contribution >= 4 is 40.7 Å². The highest BCUT2D eigenvalue weighted by molar-refractivity contribution is 6.40. The number of carbonyl (C=O) groups excluding carboxylic acids is 2. The Kier molecular flexibility index (Phi) is 5.64. The Hall–Kier alpha value is -2.04. The van der Waals surface area contributed by atoms with Crippen molar-refractivity contribution < 1.29 is 9.59 Å². The molecule has 2 rings (SSSR count). The van der Waals surface area contributed by atoms with Crippen LogP contribution >= 0.6 is 23.2 Å². The molecule has 0 aromatic heterocycles. The largest absolute Gasteiger partial charge is 0.350 e. The van der Waals surface area contributed by atoms with E-state index >= 15 is 0 Å². The second-order valence-corrected chi connectivity index (χ2v) is 6.07. The SMILES string of the molecule is CC(C)NC(=O)c1cccc(C(=O)Nc2c(Cl)cccc2Cl)c1. The fourth-order valence-electron chi connectivity index (χ4n) is 1.95. The summed E-state index contributed by atoms with van der Waals surface area (Å²) in [6.07, 6.45) is 0. The molecule has 2 aromatic rings. The van der Waals surface area contributed by atoms with Crippen LogP contribution in [-0.4, -0.2) is 17.9 Å². The van der Waals surface area contributed by atoms with Crippen LogP contribution in [0.3, 0.4) is 0 Å². The molecular formula is C17H16Cl2N2O2. The van der Waals surface area contributed by atoms with Gasteiger partial charge in [0.2, 0.25) is 0 Å². The van der Waals surface area contributed by atoms with Gasteiger partial charge in [0.1, 0.15) is 0 Å². The van der Waals surface area contributed by atoms with Crippen molar-refractivity contribution in [1.82, 2.24) is 5.32 Å². The van der Waals surface area contributed by atoms with Crippen molar-refractivity contribution in [3.8, 4) is 0 Å². The lowest BCUT2D eigenvalue weighted by atomic mass is 10.1. The molecule has 0 aliphatic rings. The van der Waals surface area contributed by atoms with Gasteiger partial charge in [-0.15, -0.1) is 0 Å². The number of nitrogens with one attached hydrogen (secondary N) is 2. The molecule has 0 saturated heterocycles. The minimum absolute atomic E-state index is 0.0157. The molecule has 0 heterocycles. The first-order valence-electron chi connectivity index (χ1n) is 7.04. The molecule has 0 aliphatic carbocycles. The minimum Gasteiger partial charge on any atom is -0.350 e. The average molecular weight is 351 g/mol. The van der Waals surface area contributed by atoms with Crippen LogP contribution in [0.5, 0.6) is 0 Å². The molecule has 0 saturated carbocycles. The highest BCUT2D eigenvalue weighted by Gasteiger charge is 2.14. The van der Waals surface area contributed by atoms with Crippen LogP contribution in [0.1, 0.15) is 34.6 Å². The predicted molar refractivity (Wildman–Crippen MR) is 93.5 cm³/mol. The molecule has 2 amide bonds. The van der Waals surface area contributed by atoms with Gasteiger partial charge < -0.3 is 10.6 Å². The number of amides is 2. The van der Waals surface area contributed by atoms with E-state index in [1.807, 2.05) is 13.8 Å². The Balaban J connectivity index is 2.22. The number of benzene rings is 2. The number of carbonyl (C=O) groups is 2. The van der Waals surface area contributed by atoms with Gasteiger partial charge >= 0.3 is 0 Å². The summed E-state index contributed by atoms with van der Waals surface area (Å²) in [6.45, 7) is 3.74. The van der Waals surface area contributed by atoms with E-state index in [1.165, 1.54) is 6.07 Å². The maximum absolute atomic E-state index is 12.4. The van der Waals surface area contributed by atoms with Gasteiger partial charge in [0, 0.05) is 17.2 Å². The third-order valence-electron chi connectivity index (χ3n) is 3.01. The summed E-state index contributed by atoms with van der Waals surface area (Å²) >= 11 is 12.1. The zero-order chi connectivity index (χ0) is 17.0. The molecule has 6 heteroatoms. The molecule has 120 valence electrons. The number of para-hydroxylation sites is 1. The van der Waals surface area contributed by atoms with Crippen LogP contribution in [0.25, 0.3) is 0 Å². The van der Waals surface area contributed by atoms with Crippen molar-refractivity contribution in [2.45, 2.75) is 19.9 Å². The number of anilines is 1. The van der Waals surface area contributed by atoms with Gasteiger partial charge in [-0.25, -0.2) is 0 Å². The summed E-state index contributed by atoms with van der Waals surface area (Å²) in [4.78, 5) is 24.4. The van der Waals surface area contributed by atoms with Crippen LogP contribution < -0.4 is 10.6 Å². The normalized spacial score (nSPS) is 10.5. The van der Waals surface area contributed by atoms with E-state index in [4.69, 9.17) is 23.2 Å². The molecule has 0 unspecified atom stereocenters. The zero-order valence-corrected chi connectivity index (χ0v) is 14.2. The molecule has 0 aliphatic heterocycles. The van der Waals surface area contributed by atoms with Gasteiger partial charge in [0.25, 0.3) is 11.8 Å². The van der Waals surface area contributed by atoms with Crippen molar-refractivity contribution in [1.29, 1.82) is 0 Å². The van der Waals surface area contributed by atoms with E-state index in [9.17, 15) is 9.59 Å². The summed E-state index contributed by atoms with van der Waals surface area (Å²) < 4.78 is 0. The fourth-order valence-corrected chi connectivity index (χ4v) is 2.44. The topological polar surface area (TPSA) is 58.2 Å². The summed E-state index contributed by atoms with van der Waals surface area (Å²) in [6, 6.07) is 11.4. The Morgan fingerprint density at radius 3 is 2.00 bits per heavy atom. The summed E-state index contributed by atoms with van der Waals surface area (Å²) in [5.74, 6) is -0.621. The van der Waals surface area contributed by atoms with Crippen molar-refractivity contribution in [2.24, 2.45) is 0 Å². The number of rotatable bonds is 4. The highest BCUT2D eigenvalue weighted by atomic mass is 35.5. The van der Waals surface area contributed by atoms with Gasteiger partial charge in [-0.2, -0.15) is 0 Å². The standard InChI is InChI=1S/C17H16Cl2N2O2/c1-10(2)20-16(22)11-5-3-6-12(9-11)17(23)21-15-13(18)7-4-8-14(15)19/h3-10H,1-2H3,(H,20,22)(H,21,23). The molecule has 4 nitrogen and oxygen atoms in total. The second-order valence-electron chi connectivity index (χ2n) is 5.26. The van der Waals surface area contributed by atoms with E-state index in [0.717, 1.165) is 0 Å². The lowest BCUT2D eigenvalue weighted by molar-refractivity contribution is 0.0943. The van der Waals surface area contributed by atoms with Crippen LogP contribution in [0.2, 0.25) is 10.0 Å². The lowest BCUT2D eigenvalue weighted by Crippen LogP contribution is -2.30. The highest BCUT2D eigenvalue weighted by Crippen LogP contribution is 2.30. The lowest BCUT2D eigenvalue weighted by Gasteiger charge is -2.11. The maximum Gasteiger partial charge on any atom is 0.255 e. The Bertz CT molecular complexity index is 725. The van der Waals surface area contributed by atoms with Gasteiger partial charge in [0.05, 0.1) is 15.7 Å². The molecule has 0 spiro atoms. The fraction of sp³-hybridized carbons (Fsp3) is 0.176. The number of hydrogen-bond acceptors (Lipinski definition) is 2. The van der Waals surface area contributed by atoms with E-state index in [2.05, 4.69) is 10.6 Å². The Labute approximate surface area is 144 Å². The zero-order valence-electron chi connectivity index (χ0n) is 12.7. The van der Waals surface area contributed by atoms with Crippen LogP contribution in [0, 0.1) is 0 Å². The smallest absolute Gasteiger partial charge is 0.255 e. The minimum atomic E-state index is -0.390. The molecule has 2 N–H and O–H groups in total. The van der Waals surface area contributed by atoms with Crippen molar-refractivity contribution in [3.05, 3.63) is 63.6 Å². The van der Waals surface area contributed by atoms with E-state index in [1.54, 1.807) is 36.4 Å². The first-order chi connectivity index (χ1) is 10.9. The molecule has 23 heavy (non-hydrogen) atoms. The van der Waals surface area contributed by atoms with Gasteiger partial charge in [-0.1, -0.05) is 35.3 Å². The monoisotopic (exact) mass is 350 g/mol. The maximum atomic E-state index is 12.4. The summed E-state index contributed by atoms with van der Waals surface area (Å²) in [5.41, 5.74) is 1.10. The molecular weight excluding hydrogens is 335 g/mol. The van der Waals surface area contributed by atoms with Crippen LogP contribution in [-0.2, 0) is 0 Å². The third-order valence-corrected chi connectivity index (χ3v) is 3.64. The van der Waals surface area contributed by atoms with Gasteiger partial charge in [-0.05, 0) is 44.2 Å². The first-order valence-corrected chi connectivity index (χ1v) is 7.80. The molecule has 0 bridgehead atoms. The average Bonchev–Trinajstić information content (AvgIpc) is 2.50. The Morgan fingerprint density at radius 1 is 0.913 bits per heavy atom. The molecule has 2 aromatic carbocycles. The van der Waals surface area contributed by atoms with Gasteiger partial charge in [0.15, 0.2) is 0 Å². The van der Waals surface area contributed by atoms with Gasteiger partial charge in [-0.3, -0.25) is 9.59 Å². The third kappa shape index (κ3) is 4.47. The van der Waals surface area contributed by atoms with Crippen molar-refractivity contribution in [3.63, 3.8) is 0 Å². The quantitative estimate of drug-likeness (QED) is 0.859. The summed E-state index contributed by atoms with van der Waals surface area (Å²) in [5, 5.41) is 6.14. The predicted octanol–water partition coefficient (Wildman–Crippen LogP) is 4.38. The van der Waals surface area contributed by atoms with E-state index in [-0.39, 0.29) is 17.9 Å². The number of hydrogen-bond donors (Lipinski definition) is 2. The van der Waals surface area contributed by atoms with Crippen molar-refractivity contribution in [2.75, 3.05) is 5.32 Å². The van der Waals surface area contributed by atoms with E-state index < -0.39 is 0 Å².